The van der Waals surface area contributed by atoms with E-state index in [2.05, 4.69) is 48.2 Å². The van der Waals surface area contributed by atoms with Crippen molar-refractivity contribution in [2.75, 3.05) is 30.3 Å². The first-order valence-corrected chi connectivity index (χ1v) is 7.58. The number of ether oxygens (including phenoxy) is 1. The SMILES string of the molecule is CCN(CC1OCCc2ccccc21)c1ccc(N)cc1. The Morgan fingerprint density at radius 3 is 2.67 bits per heavy atom. The van der Waals surface area contributed by atoms with Gasteiger partial charge in [0.25, 0.3) is 0 Å². The molecule has 1 unspecified atom stereocenters. The minimum atomic E-state index is 0.146. The highest BCUT2D eigenvalue weighted by Gasteiger charge is 2.22. The highest BCUT2D eigenvalue weighted by Crippen LogP contribution is 2.29. The van der Waals surface area contributed by atoms with E-state index >= 15 is 0 Å². The first-order chi connectivity index (χ1) is 10.3. The zero-order valence-electron chi connectivity index (χ0n) is 12.5. The van der Waals surface area contributed by atoms with Gasteiger partial charge in [0.05, 0.1) is 6.61 Å². The van der Waals surface area contributed by atoms with Crippen LogP contribution >= 0.6 is 0 Å². The third kappa shape index (κ3) is 3.03. The van der Waals surface area contributed by atoms with Crippen molar-refractivity contribution in [2.24, 2.45) is 0 Å². The quantitative estimate of drug-likeness (QED) is 0.873. The average molecular weight is 282 g/mol. The highest BCUT2D eigenvalue weighted by molar-refractivity contribution is 5.53. The van der Waals surface area contributed by atoms with E-state index in [4.69, 9.17) is 10.5 Å². The van der Waals surface area contributed by atoms with Crippen LogP contribution < -0.4 is 10.6 Å². The van der Waals surface area contributed by atoms with Gasteiger partial charge in [-0.15, -0.1) is 0 Å². The lowest BCUT2D eigenvalue weighted by Crippen LogP contribution is -2.32. The Labute approximate surface area is 126 Å². The zero-order valence-corrected chi connectivity index (χ0v) is 12.5. The molecule has 2 aromatic rings. The smallest absolute Gasteiger partial charge is 0.100 e. The summed E-state index contributed by atoms with van der Waals surface area (Å²) in [6, 6.07) is 16.7. The lowest BCUT2D eigenvalue weighted by atomic mass is 9.97. The summed E-state index contributed by atoms with van der Waals surface area (Å²) in [7, 11) is 0. The lowest BCUT2D eigenvalue weighted by Gasteiger charge is -2.32. The van der Waals surface area contributed by atoms with Crippen LogP contribution in [0.25, 0.3) is 0 Å². The normalized spacial score (nSPS) is 17.3. The number of benzene rings is 2. The maximum absolute atomic E-state index is 6.02. The van der Waals surface area contributed by atoms with Gasteiger partial charge >= 0.3 is 0 Å². The third-order valence-electron chi connectivity index (χ3n) is 4.12. The maximum Gasteiger partial charge on any atom is 0.100 e. The second-order valence-corrected chi connectivity index (χ2v) is 5.44. The van der Waals surface area contributed by atoms with Crippen LogP contribution in [0.4, 0.5) is 11.4 Å². The van der Waals surface area contributed by atoms with Gasteiger partial charge in [-0.05, 0) is 48.7 Å². The van der Waals surface area contributed by atoms with Gasteiger partial charge in [0.15, 0.2) is 0 Å². The number of nitrogen functional groups attached to an aromatic ring is 1. The number of anilines is 2. The summed E-state index contributed by atoms with van der Waals surface area (Å²) in [4.78, 5) is 2.34. The number of fused-ring (bicyclic) bond motifs is 1. The fourth-order valence-electron chi connectivity index (χ4n) is 2.93. The molecule has 0 fully saturated rings. The van der Waals surface area contributed by atoms with Gasteiger partial charge in [0.1, 0.15) is 6.10 Å². The first-order valence-electron chi connectivity index (χ1n) is 7.58. The van der Waals surface area contributed by atoms with Crippen LogP contribution in [0.2, 0.25) is 0 Å². The second-order valence-electron chi connectivity index (χ2n) is 5.44. The molecular weight excluding hydrogens is 260 g/mol. The van der Waals surface area contributed by atoms with Crippen LogP contribution in [-0.2, 0) is 11.2 Å². The van der Waals surface area contributed by atoms with E-state index in [1.807, 2.05) is 12.1 Å². The molecule has 0 saturated carbocycles. The topological polar surface area (TPSA) is 38.5 Å². The minimum Gasteiger partial charge on any atom is -0.399 e. The lowest BCUT2D eigenvalue weighted by molar-refractivity contribution is 0.0472. The molecule has 21 heavy (non-hydrogen) atoms. The molecule has 3 heteroatoms. The Hall–Kier alpha value is -2.00. The summed E-state index contributed by atoms with van der Waals surface area (Å²) < 4.78 is 6.02. The average Bonchev–Trinajstić information content (AvgIpc) is 2.54. The van der Waals surface area contributed by atoms with Gasteiger partial charge in [-0.1, -0.05) is 24.3 Å². The van der Waals surface area contributed by atoms with Crippen molar-refractivity contribution in [2.45, 2.75) is 19.4 Å². The Balaban J connectivity index is 1.80. The number of nitrogens with two attached hydrogens (primary N) is 1. The Morgan fingerprint density at radius 2 is 1.90 bits per heavy atom. The molecule has 1 aliphatic heterocycles. The minimum absolute atomic E-state index is 0.146. The van der Waals surface area contributed by atoms with E-state index in [1.165, 1.54) is 16.8 Å². The predicted octanol–water partition coefficient (Wildman–Crippen LogP) is 3.41. The molecule has 0 amide bonds. The molecule has 0 spiro atoms. The Kier molecular flexibility index (Phi) is 4.11. The molecule has 1 heterocycles. The molecule has 0 aliphatic carbocycles. The molecule has 0 bridgehead atoms. The molecule has 110 valence electrons. The summed E-state index contributed by atoms with van der Waals surface area (Å²) >= 11 is 0. The molecule has 0 saturated heterocycles. The van der Waals surface area contributed by atoms with E-state index < -0.39 is 0 Å². The van der Waals surface area contributed by atoms with Gasteiger partial charge in [-0.2, -0.15) is 0 Å². The Bertz CT molecular complexity index is 594. The predicted molar refractivity (Wildman–Crippen MR) is 87.6 cm³/mol. The summed E-state index contributed by atoms with van der Waals surface area (Å²) in [5.74, 6) is 0. The highest BCUT2D eigenvalue weighted by atomic mass is 16.5. The van der Waals surface area contributed by atoms with Crippen LogP contribution in [0.3, 0.4) is 0 Å². The van der Waals surface area contributed by atoms with Crippen molar-refractivity contribution in [1.82, 2.24) is 0 Å². The van der Waals surface area contributed by atoms with Crippen molar-refractivity contribution in [3.63, 3.8) is 0 Å². The summed E-state index contributed by atoms with van der Waals surface area (Å²) in [6.45, 7) is 4.80. The van der Waals surface area contributed by atoms with Crippen LogP contribution in [0.5, 0.6) is 0 Å². The van der Waals surface area contributed by atoms with Crippen molar-refractivity contribution >= 4 is 11.4 Å². The first kappa shape index (κ1) is 14.0. The molecule has 2 aromatic carbocycles. The number of hydrogen-bond donors (Lipinski definition) is 1. The van der Waals surface area contributed by atoms with Gasteiger partial charge < -0.3 is 15.4 Å². The molecule has 3 nitrogen and oxygen atoms in total. The van der Waals surface area contributed by atoms with E-state index in [-0.39, 0.29) is 6.10 Å². The van der Waals surface area contributed by atoms with Crippen molar-refractivity contribution in [1.29, 1.82) is 0 Å². The molecule has 0 aromatic heterocycles. The molecule has 3 rings (SSSR count). The standard InChI is InChI=1S/C18H22N2O/c1-2-20(16-9-7-15(19)8-10-16)13-18-17-6-4-3-5-14(17)11-12-21-18/h3-10,18H,2,11-13,19H2,1H3. The fraction of sp³-hybridized carbons (Fsp3) is 0.333. The van der Waals surface area contributed by atoms with Crippen molar-refractivity contribution < 1.29 is 4.74 Å². The molecule has 0 radical (unpaired) electrons. The largest absolute Gasteiger partial charge is 0.399 e. The monoisotopic (exact) mass is 282 g/mol. The van der Waals surface area contributed by atoms with E-state index in [9.17, 15) is 0 Å². The molecule has 1 aliphatic rings. The van der Waals surface area contributed by atoms with Gasteiger partial charge in [0, 0.05) is 24.5 Å². The van der Waals surface area contributed by atoms with Gasteiger partial charge in [-0.3, -0.25) is 0 Å². The van der Waals surface area contributed by atoms with Crippen LogP contribution in [-0.4, -0.2) is 19.7 Å². The number of rotatable bonds is 4. The summed E-state index contributed by atoms with van der Waals surface area (Å²) in [5.41, 5.74) is 10.5. The van der Waals surface area contributed by atoms with Crippen molar-refractivity contribution in [3.05, 3.63) is 59.7 Å². The van der Waals surface area contributed by atoms with Gasteiger partial charge in [0.2, 0.25) is 0 Å². The van der Waals surface area contributed by atoms with E-state index in [0.29, 0.717) is 0 Å². The van der Waals surface area contributed by atoms with Crippen LogP contribution in [0, 0.1) is 0 Å². The summed E-state index contributed by atoms with van der Waals surface area (Å²) in [5, 5.41) is 0. The second kappa shape index (κ2) is 6.19. The van der Waals surface area contributed by atoms with Crippen molar-refractivity contribution in [3.8, 4) is 0 Å². The van der Waals surface area contributed by atoms with E-state index in [0.717, 1.165) is 31.8 Å². The maximum atomic E-state index is 6.02. The molecular formula is C18H22N2O. The number of nitrogens with zero attached hydrogens (tertiary/aromatic N) is 1. The van der Waals surface area contributed by atoms with Gasteiger partial charge in [-0.25, -0.2) is 0 Å². The number of likely N-dealkylation sites (N-methyl/N-ethyl adjacent to an activating group) is 1. The Morgan fingerprint density at radius 1 is 1.14 bits per heavy atom. The summed E-state index contributed by atoms with van der Waals surface area (Å²) in [6.07, 6.45) is 1.16. The molecule has 1 atom stereocenters. The van der Waals surface area contributed by atoms with E-state index in [1.54, 1.807) is 0 Å². The van der Waals surface area contributed by atoms with Crippen LogP contribution in [0.15, 0.2) is 48.5 Å². The number of hydrogen-bond acceptors (Lipinski definition) is 3. The third-order valence-corrected chi connectivity index (χ3v) is 4.12. The fourth-order valence-corrected chi connectivity index (χ4v) is 2.93. The van der Waals surface area contributed by atoms with Crippen LogP contribution in [0.1, 0.15) is 24.2 Å². The molecule has 2 N–H and O–H groups in total. The zero-order chi connectivity index (χ0) is 14.7.